The molecule has 2 aromatic rings. The fraction of sp³-hybridized carbons (Fsp3) is 0.545. The van der Waals surface area contributed by atoms with Gasteiger partial charge in [0.2, 0.25) is 0 Å². The molecule has 6 heteroatoms. The van der Waals surface area contributed by atoms with Crippen molar-refractivity contribution in [3.63, 3.8) is 0 Å². The molecule has 1 aliphatic heterocycles. The molecule has 0 saturated carbocycles. The van der Waals surface area contributed by atoms with Crippen LogP contribution in [0.1, 0.15) is 12.8 Å². The van der Waals surface area contributed by atoms with Crippen molar-refractivity contribution < 1.29 is 5.11 Å². The molecule has 17 heavy (non-hydrogen) atoms. The number of hydrogen-bond donors (Lipinski definition) is 1. The van der Waals surface area contributed by atoms with Crippen molar-refractivity contribution in [3.8, 4) is 0 Å². The van der Waals surface area contributed by atoms with Crippen LogP contribution in [0.3, 0.4) is 0 Å². The largest absolute Gasteiger partial charge is 0.393 e. The van der Waals surface area contributed by atoms with E-state index in [1.165, 1.54) is 0 Å². The first-order valence-corrected chi connectivity index (χ1v) is 5.81. The molecule has 6 nitrogen and oxygen atoms in total. The van der Waals surface area contributed by atoms with E-state index in [-0.39, 0.29) is 6.10 Å². The van der Waals surface area contributed by atoms with Gasteiger partial charge in [-0.3, -0.25) is 4.68 Å². The van der Waals surface area contributed by atoms with Crippen LogP contribution in [-0.2, 0) is 7.05 Å². The van der Waals surface area contributed by atoms with Crippen molar-refractivity contribution in [2.45, 2.75) is 18.9 Å². The molecule has 3 rings (SSSR count). The Morgan fingerprint density at radius 1 is 1.29 bits per heavy atom. The lowest BCUT2D eigenvalue weighted by atomic mass is 10.1. The number of piperidine rings is 1. The first-order valence-electron chi connectivity index (χ1n) is 5.81. The first-order chi connectivity index (χ1) is 8.25. The third-order valence-corrected chi connectivity index (χ3v) is 3.27. The van der Waals surface area contributed by atoms with Crippen LogP contribution < -0.4 is 4.90 Å². The molecule has 0 amide bonds. The highest BCUT2D eigenvalue weighted by Gasteiger charge is 2.20. The first kappa shape index (κ1) is 10.5. The van der Waals surface area contributed by atoms with Crippen LogP contribution >= 0.6 is 0 Å². The maximum absolute atomic E-state index is 9.52. The van der Waals surface area contributed by atoms with Crippen LogP contribution in [0.5, 0.6) is 0 Å². The highest BCUT2D eigenvalue weighted by atomic mass is 16.3. The molecule has 0 atom stereocenters. The van der Waals surface area contributed by atoms with Crippen LogP contribution in [0.4, 0.5) is 5.82 Å². The van der Waals surface area contributed by atoms with E-state index in [1.807, 2.05) is 7.05 Å². The fourth-order valence-electron chi connectivity index (χ4n) is 2.28. The average molecular weight is 233 g/mol. The maximum Gasteiger partial charge on any atom is 0.163 e. The van der Waals surface area contributed by atoms with Gasteiger partial charge >= 0.3 is 0 Å². The number of aryl methyl sites for hydroxylation is 1. The zero-order valence-electron chi connectivity index (χ0n) is 9.74. The quantitative estimate of drug-likeness (QED) is 0.768. The van der Waals surface area contributed by atoms with Gasteiger partial charge in [-0.2, -0.15) is 5.10 Å². The number of hydrogen-bond acceptors (Lipinski definition) is 5. The summed E-state index contributed by atoms with van der Waals surface area (Å²) in [7, 11) is 1.87. The van der Waals surface area contributed by atoms with E-state index in [4.69, 9.17) is 0 Å². The number of nitrogens with zero attached hydrogens (tertiary/aromatic N) is 5. The number of fused-ring (bicyclic) bond motifs is 1. The lowest BCUT2D eigenvalue weighted by Crippen LogP contribution is -2.36. The van der Waals surface area contributed by atoms with Gasteiger partial charge in [0.15, 0.2) is 5.65 Å². The summed E-state index contributed by atoms with van der Waals surface area (Å²) in [6.45, 7) is 1.67. The molecular weight excluding hydrogens is 218 g/mol. The molecule has 0 bridgehead atoms. The van der Waals surface area contributed by atoms with Gasteiger partial charge < -0.3 is 10.0 Å². The minimum Gasteiger partial charge on any atom is -0.393 e. The lowest BCUT2D eigenvalue weighted by Gasteiger charge is -2.30. The van der Waals surface area contributed by atoms with Gasteiger partial charge in [-0.1, -0.05) is 0 Å². The molecule has 90 valence electrons. The summed E-state index contributed by atoms with van der Waals surface area (Å²) in [5.74, 6) is 0.926. The molecule has 1 aliphatic rings. The Labute approximate surface area is 98.9 Å². The molecule has 2 aromatic heterocycles. The Bertz CT molecular complexity index is 530. The van der Waals surface area contributed by atoms with E-state index in [0.29, 0.717) is 0 Å². The monoisotopic (exact) mass is 233 g/mol. The summed E-state index contributed by atoms with van der Waals surface area (Å²) in [5, 5.41) is 14.7. The zero-order valence-corrected chi connectivity index (χ0v) is 9.74. The van der Waals surface area contributed by atoms with Crippen LogP contribution in [0, 0.1) is 0 Å². The molecule has 1 saturated heterocycles. The number of aliphatic hydroxyl groups excluding tert-OH is 1. The summed E-state index contributed by atoms with van der Waals surface area (Å²) >= 11 is 0. The second-order valence-electron chi connectivity index (χ2n) is 4.42. The Kier molecular flexibility index (Phi) is 2.44. The van der Waals surface area contributed by atoms with E-state index < -0.39 is 0 Å². The van der Waals surface area contributed by atoms with Gasteiger partial charge in [-0.05, 0) is 12.8 Å². The SMILES string of the molecule is Cn1ncc2c(N3CCC(O)CC3)ncnc21. The average Bonchev–Trinajstić information content (AvgIpc) is 2.73. The van der Waals surface area contributed by atoms with Crippen LogP contribution in [0.2, 0.25) is 0 Å². The highest BCUT2D eigenvalue weighted by molar-refractivity contribution is 5.86. The summed E-state index contributed by atoms with van der Waals surface area (Å²) in [6, 6.07) is 0. The Balaban J connectivity index is 2.00. The van der Waals surface area contributed by atoms with E-state index in [1.54, 1.807) is 17.2 Å². The second-order valence-corrected chi connectivity index (χ2v) is 4.42. The Morgan fingerprint density at radius 2 is 2.06 bits per heavy atom. The third-order valence-electron chi connectivity index (χ3n) is 3.27. The maximum atomic E-state index is 9.52. The van der Waals surface area contributed by atoms with E-state index in [9.17, 15) is 5.11 Å². The van der Waals surface area contributed by atoms with Crippen LogP contribution in [0.15, 0.2) is 12.5 Å². The Morgan fingerprint density at radius 3 is 2.82 bits per heavy atom. The minimum atomic E-state index is -0.169. The van der Waals surface area contributed by atoms with Crippen molar-refractivity contribution >= 4 is 16.9 Å². The predicted octanol–water partition coefficient (Wildman–Crippen LogP) is 0.324. The van der Waals surface area contributed by atoms with Crippen molar-refractivity contribution in [1.29, 1.82) is 0 Å². The third kappa shape index (κ3) is 1.74. The molecule has 1 fully saturated rings. The van der Waals surface area contributed by atoms with E-state index in [2.05, 4.69) is 20.0 Å². The van der Waals surface area contributed by atoms with Crippen LogP contribution in [0.25, 0.3) is 11.0 Å². The van der Waals surface area contributed by atoms with Crippen molar-refractivity contribution in [2.75, 3.05) is 18.0 Å². The Hall–Kier alpha value is -1.69. The summed E-state index contributed by atoms with van der Waals surface area (Å²) in [4.78, 5) is 10.8. The molecule has 0 aromatic carbocycles. The van der Waals surface area contributed by atoms with Gasteiger partial charge in [0, 0.05) is 20.1 Å². The van der Waals surface area contributed by atoms with Crippen molar-refractivity contribution in [3.05, 3.63) is 12.5 Å². The van der Waals surface area contributed by atoms with Gasteiger partial charge in [-0.15, -0.1) is 0 Å². The normalized spacial score (nSPS) is 17.9. The lowest BCUT2D eigenvalue weighted by molar-refractivity contribution is 0.145. The fourth-order valence-corrected chi connectivity index (χ4v) is 2.28. The topological polar surface area (TPSA) is 67.1 Å². The van der Waals surface area contributed by atoms with Gasteiger partial charge in [-0.25, -0.2) is 9.97 Å². The van der Waals surface area contributed by atoms with Crippen molar-refractivity contribution in [1.82, 2.24) is 19.7 Å². The second kappa shape index (κ2) is 3.96. The number of rotatable bonds is 1. The molecule has 0 radical (unpaired) electrons. The minimum absolute atomic E-state index is 0.169. The van der Waals surface area contributed by atoms with E-state index >= 15 is 0 Å². The standard InChI is InChI=1S/C11H15N5O/c1-15-10-9(6-14-15)11(13-7-12-10)16-4-2-8(17)3-5-16/h6-8,17H,2-5H2,1H3. The van der Waals surface area contributed by atoms with Gasteiger partial charge in [0.05, 0.1) is 17.7 Å². The summed E-state index contributed by atoms with van der Waals surface area (Å²) < 4.78 is 1.75. The molecule has 0 spiro atoms. The molecule has 1 N–H and O–H groups in total. The number of aliphatic hydroxyl groups is 1. The van der Waals surface area contributed by atoms with E-state index in [0.717, 1.165) is 42.8 Å². The molecular formula is C11H15N5O. The van der Waals surface area contributed by atoms with Crippen molar-refractivity contribution in [2.24, 2.45) is 7.05 Å². The zero-order chi connectivity index (χ0) is 11.8. The molecule has 0 aliphatic carbocycles. The smallest absolute Gasteiger partial charge is 0.163 e. The number of aromatic nitrogens is 4. The highest BCUT2D eigenvalue weighted by Crippen LogP contribution is 2.24. The molecule has 0 unspecified atom stereocenters. The summed E-state index contributed by atoms with van der Waals surface area (Å²) in [5.41, 5.74) is 0.848. The molecule has 3 heterocycles. The van der Waals surface area contributed by atoms with Gasteiger partial charge in [0.25, 0.3) is 0 Å². The predicted molar refractivity (Wildman–Crippen MR) is 63.8 cm³/mol. The van der Waals surface area contributed by atoms with Gasteiger partial charge in [0.1, 0.15) is 12.1 Å². The summed E-state index contributed by atoms with van der Waals surface area (Å²) in [6.07, 6.45) is 4.80. The van der Waals surface area contributed by atoms with Crippen LogP contribution in [-0.4, -0.2) is 44.0 Å². The number of anilines is 1.